The second-order valence-corrected chi connectivity index (χ2v) is 5.87. The molecule has 0 aliphatic carbocycles. The van der Waals surface area contributed by atoms with Crippen molar-refractivity contribution in [3.63, 3.8) is 0 Å². The minimum Gasteiger partial charge on any atom is -0.442 e. The van der Waals surface area contributed by atoms with Gasteiger partial charge in [0.15, 0.2) is 11.6 Å². The Morgan fingerprint density at radius 1 is 1.36 bits per heavy atom. The van der Waals surface area contributed by atoms with Gasteiger partial charge >= 0.3 is 6.09 Å². The third kappa shape index (κ3) is 3.97. The largest absolute Gasteiger partial charge is 0.442 e. The van der Waals surface area contributed by atoms with E-state index in [0.29, 0.717) is 32.8 Å². The van der Waals surface area contributed by atoms with E-state index in [1.54, 1.807) is 4.90 Å². The van der Waals surface area contributed by atoms with Gasteiger partial charge in [0.25, 0.3) is 0 Å². The Balaban J connectivity index is 1.79. The first kappa shape index (κ1) is 17.8. The smallest absolute Gasteiger partial charge is 0.414 e. The summed E-state index contributed by atoms with van der Waals surface area (Å²) in [6.07, 6.45) is -1.08. The van der Waals surface area contributed by atoms with E-state index in [-0.39, 0.29) is 17.9 Å². The maximum atomic E-state index is 14.6. The number of carbonyl (C=O) groups excluding carboxylic acids is 1. The number of anilines is 2. The van der Waals surface area contributed by atoms with E-state index in [1.165, 1.54) is 10.4 Å². The number of hydroxylamine groups is 1. The predicted molar refractivity (Wildman–Crippen MR) is 91.8 cm³/mol. The molecular weight excluding hydrogens is 354 g/mol. The Labute approximate surface area is 148 Å². The molecule has 2 heterocycles. The maximum Gasteiger partial charge on any atom is 0.414 e. The molecular formula is C15H18F2N4O3S. The maximum absolute atomic E-state index is 14.6. The van der Waals surface area contributed by atoms with Crippen molar-refractivity contribution >= 4 is 35.2 Å². The van der Waals surface area contributed by atoms with Crippen molar-refractivity contribution in [3.8, 4) is 0 Å². The van der Waals surface area contributed by atoms with Gasteiger partial charge in [-0.3, -0.25) is 9.74 Å². The molecule has 0 bridgehead atoms. The van der Waals surface area contributed by atoms with Crippen LogP contribution in [0, 0.1) is 11.6 Å². The van der Waals surface area contributed by atoms with Gasteiger partial charge in [0.05, 0.1) is 30.9 Å². The number of nitrogens with one attached hydrogen (secondary N) is 2. The van der Waals surface area contributed by atoms with E-state index in [0.717, 1.165) is 12.1 Å². The first-order valence-electron chi connectivity index (χ1n) is 7.84. The molecule has 2 saturated heterocycles. The van der Waals surface area contributed by atoms with Crippen molar-refractivity contribution in [2.24, 2.45) is 0 Å². The van der Waals surface area contributed by atoms with Crippen LogP contribution in [0.4, 0.5) is 25.0 Å². The third-order valence-corrected chi connectivity index (χ3v) is 4.15. The molecule has 25 heavy (non-hydrogen) atoms. The van der Waals surface area contributed by atoms with Crippen LogP contribution in [0.3, 0.4) is 0 Å². The van der Waals surface area contributed by atoms with E-state index in [2.05, 4.69) is 23.0 Å². The van der Waals surface area contributed by atoms with Crippen LogP contribution in [0.1, 0.15) is 0 Å². The number of ether oxygens (including phenoxy) is 1. The van der Waals surface area contributed by atoms with Gasteiger partial charge in [0, 0.05) is 31.8 Å². The standard InChI is InChI=1S/C15H18F2N4O3S/c16-12-5-10(21-8-11(7-18-9-25)24-15(21)22)6-13(17)14(12)20-2-1-19-23-4-3-20/h5-6,9,11,19H,1-4,7-8H2,(H,18,25)/t11-/m0/s1. The fourth-order valence-corrected chi connectivity index (χ4v) is 2.94. The molecule has 3 rings (SSSR count). The van der Waals surface area contributed by atoms with Crippen molar-refractivity contribution in [2.45, 2.75) is 6.10 Å². The molecule has 0 radical (unpaired) electrons. The normalized spacial score (nSPS) is 21.0. The minimum absolute atomic E-state index is 0.123. The second kappa shape index (κ2) is 7.89. The zero-order valence-corrected chi connectivity index (χ0v) is 14.2. The van der Waals surface area contributed by atoms with Gasteiger partial charge in [0.1, 0.15) is 11.8 Å². The van der Waals surface area contributed by atoms with E-state index in [1.807, 2.05) is 0 Å². The van der Waals surface area contributed by atoms with Crippen LogP contribution in [0.5, 0.6) is 0 Å². The molecule has 0 spiro atoms. The lowest BCUT2D eigenvalue weighted by Gasteiger charge is -2.24. The molecule has 1 aromatic carbocycles. The van der Waals surface area contributed by atoms with Crippen molar-refractivity contribution in [2.75, 3.05) is 49.1 Å². The highest BCUT2D eigenvalue weighted by Crippen LogP contribution is 2.31. The van der Waals surface area contributed by atoms with Crippen LogP contribution in [0.2, 0.25) is 0 Å². The van der Waals surface area contributed by atoms with Crippen LogP contribution in [-0.4, -0.2) is 57.0 Å². The molecule has 2 fully saturated rings. The molecule has 0 saturated carbocycles. The predicted octanol–water partition coefficient (Wildman–Crippen LogP) is 1.18. The summed E-state index contributed by atoms with van der Waals surface area (Å²) < 4.78 is 34.3. The second-order valence-electron chi connectivity index (χ2n) is 5.63. The van der Waals surface area contributed by atoms with Gasteiger partial charge in [-0.2, -0.15) is 0 Å². The number of thiocarbonyl (C=S) groups is 1. The first-order valence-corrected chi connectivity index (χ1v) is 8.31. The van der Waals surface area contributed by atoms with Gasteiger partial charge < -0.3 is 15.0 Å². The number of nitrogens with zero attached hydrogens (tertiary/aromatic N) is 2. The van der Waals surface area contributed by atoms with Crippen LogP contribution < -0.4 is 20.6 Å². The van der Waals surface area contributed by atoms with Crippen LogP contribution in [0.15, 0.2) is 12.1 Å². The van der Waals surface area contributed by atoms with Gasteiger partial charge in [-0.25, -0.2) is 19.1 Å². The van der Waals surface area contributed by atoms with E-state index in [9.17, 15) is 13.6 Å². The van der Waals surface area contributed by atoms with E-state index >= 15 is 0 Å². The SMILES string of the molecule is O=C1O[C@@H](CNC=S)CN1c1cc(F)c(N2CCNOCC2)c(F)c1. The quantitative estimate of drug-likeness (QED) is 0.753. The minimum atomic E-state index is -0.731. The molecule has 1 aromatic rings. The highest BCUT2D eigenvalue weighted by atomic mass is 32.1. The molecule has 136 valence electrons. The molecule has 1 amide bonds. The summed E-state index contributed by atoms with van der Waals surface area (Å²) in [7, 11) is 0. The highest BCUT2D eigenvalue weighted by molar-refractivity contribution is 7.78. The summed E-state index contributed by atoms with van der Waals surface area (Å²) in [6, 6.07) is 2.29. The summed E-state index contributed by atoms with van der Waals surface area (Å²) >= 11 is 4.65. The van der Waals surface area contributed by atoms with Crippen molar-refractivity contribution in [3.05, 3.63) is 23.8 Å². The molecule has 0 unspecified atom stereocenters. The Kier molecular flexibility index (Phi) is 5.61. The molecule has 1 atom stereocenters. The van der Waals surface area contributed by atoms with Crippen LogP contribution in [0.25, 0.3) is 0 Å². The fourth-order valence-electron chi connectivity index (χ4n) is 2.84. The highest BCUT2D eigenvalue weighted by Gasteiger charge is 2.33. The lowest BCUT2D eigenvalue weighted by molar-refractivity contribution is 0.0589. The average molecular weight is 372 g/mol. The van der Waals surface area contributed by atoms with Crippen LogP contribution >= 0.6 is 12.2 Å². The average Bonchev–Trinajstić information content (AvgIpc) is 2.77. The first-order chi connectivity index (χ1) is 12.1. The summed E-state index contributed by atoms with van der Waals surface area (Å²) in [4.78, 5) is 19.8. The van der Waals surface area contributed by atoms with Gasteiger partial charge in [-0.05, 0) is 0 Å². The Hall–Kier alpha value is -2.04. The van der Waals surface area contributed by atoms with Crippen molar-refractivity contribution in [1.82, 2.24) is 10.8 Å². The van der Waals surface area contributed by atoms with Crippen molar-refractivity contribution < 1.29 is 23.1 Å². The fraction of sp³-hybridized carbons (Fsp3) is 0.467. The number of benzene rings is 1. The summed E-state index contributed by atoms with van der Waals surface area (Å²) in [5.74, 6) is -1.46. The summed E-state index contributed by atoms with van der Waals surface area (Å²) in [5.41, 5.74) is 4.02. The zero-order chi connectivity index (χ0) is 17.8. The van der Waals surface area contributed by atoms with Crippen molar-refractivity contribution in [1.29, 1.82) is 0 Å². The zero-order valence-electron chi connectivity index (χ0n) is 13.3. The van der Waals surface area contributed by atoms with E-state index in [4.69, 9.17) is 9.57 Å². The Morgan fingerprint density at radius 2 is 2.12 bits per heavy atom. The monoisotopic (exact) mass is 372 g/mol. The van der Waals surface area contributed by atoms with Gasteiger partial charge in [-0.15, -0.1) is 0 Å². The Bertz CT molecular complexity index is 633. The number of halogens is 2. The molecule has 2 aliphatic heterocycles. The van der Waals surface area contributed by atoms with Gasteiger partial charge in [0.2, 0.25) is 0 Å². The summed E-state index contributed by atoms with van der Waals surface area (Å²) in [6.45, 7) is 2.06. The molecule has 0 aromatic heterocycles. The molecule has 2 aliphatic rings. The topological polar surface area (TPSA) is 66.1 Å². The molecule has 10 heteroatoms. The number of cyclic esters (lactones) is 1. The van der Waals surface area contributed by atoms with Crippen LogP contribution in [-0.2, 0) is 9.57 Å². The summed E-state index contributed by atoms with van der Waals surface area (Å²) in [5, 5.41) is 2.78. The van der Waals surface area contributed by atoms with Gasteiger partial charge in [-0.1, -0.05) is 12.2 Å². The molecule has 2 N–H and O–H groups in total. The number of carbonyl (C=O) groups is 1. The number of hydrogen-bond acceptors (Lipinski definition) is 6. The number of hydrogen-bond donors (Lipinski definition) is 2. The number of rotatable bonds is 5. The van der Waals surface area contributed by atoms with E-state index < -0.39 is 23.8 Å². The lowest BCUT2D eigenvalue weighted by atomic mass is 10.2. The number of amides is 1. The molecule has 7 nitrogen and oxygen atoms in total. The lowest BCUT2D eigenvalue weighted by Crippen LogP contribution is -2.31. The Morgan fingerprint density at radius 3 is 2.84 bits per heavy atom. The third-order valence-electron chi connectivity index (χ3n) is 3.98.